The Balaban J connectivity index is 2.47. The molecule has 0 saturated carbocycles. The Morgan fingerprint density at radius 1 is 1.37 bits per heavy atom. The van der Waals surface area contributed by atoms with Gasteiger partial charge < -0.3 is 25.6 Å². The van der Waals surface area contributed by atoms with Crippen molar-refractivity contribution in [3.8, 4) is 11.5 Å². The summed E-state index contributed by atoms with van der Waals surface area (Å²) in [5, 5.41) is 18.5. The highest BCUT2D eigenvalue weighted by atomic mass is 16.5. The van der Waals surface area contributed by atoms with Gasteiger partial charge in [0.15, 0.2) is 11.5 Å². The molecule has 1 aromatic carbocycles. The van der Waals surface area contributed by atoms with Crippen molar-refractivity contribution in [3.63, 3.8) is 0 Å². The molecule has 1 atom stereocenters. The van der Waals surface area contributed by atoms with Gasteiger partial charge in [-0.2, -0.15) is 0 Å². The lowest BCUT2D eigenvalue weighted by molar-refractivity contribution is -0.145. The van der Waals surface area contributed by atoms with Crippen molar-refractivity contribution in [2.24, 2.45) is 5.73 Å². The van der Waals surface area contributed by atoms with E-state index in [0.717, 1.165) is 0 Å². The summed E-state index contributed by atoms with van der Waals surface area (Å²) in [6, 6.07) is 3.55. The van der Waals surface area contributed by atoms with E-state index in [9.17, 15) is 15.0 Å². The van der Waals surface area contributed by atoms with Crippen molar-refractivity contribution in [3.05, 3.63) is 23.8 Å². The van der Waals surface area contributed by atoms with Crippen molar-refractivity contribution in [1.82, 2.24) is 4.90 Å². The van der Waals surface area contributed by atoms with Gasteiger partial charge in [0.25, 0.3) is 0 Å². The molecule has 0 saturated heterocycles. The number of rotatable bonds is 6. The second-order valence-electron chi connectivity index (χ2n) is 4.60. The number of esters is 1. The van der Waals surface area contributed by atoms with Crippen LogP contribution in [-0.4, -0.2) is 54.4 Å². The van der Waals surface area contributed by atoms with Crippen LogP contribution in [-0.2, 0) is 16.0 Å². The molecule has 0 aromatic heterocycles. The number of ether oxygens (including phenoxy) is 1. The second kappa shape index (κ2) is 6.96. The van der Waals surface area contributed by atoms with Crippen molar-refractivity contribution in [2.45, 2.75) is 12.5 Å². The van der Waals surface area contributed by atoms with E-state index in [1.807, 2.05) is 19.0 Å². The smallest absolute Gasteiger partial charge is 0.323 e. The molecular weight excluding hydrogens is 248 g/mol. The number of phenols is 2. The van der Waals surface area contributed by atoms with Crippen molar-refractivity contribution in [1.29, 1.82) is 0 Å². The first-order valence-electron chi connectivity index (χ1n) is 5.98. The maximum atomic E-state index is 11.6. The highest BCUT2D eigenvalue weighted by molar-refractivity contribution is 5.75. The maximum Gasteiger partial charge on any atom is 0.323 e. The van der Waals surface area contributed by atoms with Gasteiger partial charge in [0.1, 0.15) is 12.6 Å². The normalized spacial score (nSPS) is 12.4. The molecule has 1 rings (SSSR count). The van der Waals surface area contributed by atoms with E-state index < -0.39 is 12.0 Å². The fourth-order valence-electron chi connectivity index (χ4n) is 1.47. The summed E-state index contributed by atoms with van der Waals surface area (Å²) in [4.78, 5) is 13.5. The van der Waals surface area contributed by atoms with E-state index in [0.29, 0.717) is 18.7 Å². The van der Waals surface area contributed by atoms with Crippen LogP contribution in [0.2, 0.25) is 0 Å². The summed E-state index contributed by atoms with van der Waals surface area (Å²) in [6.07, 6.45) is 0.245. The fraction of sp³-hybridized carbons (Fsp3) is 0.462. The molecule has 6 nitrogen and oxygen atoms in total. The number of benzene rings is 1. The van der Waals surface area contributed by atoms with Gasteiger partial charge in [-0.1, -0.05) is 6.07 Å². The number of carbonyl (C=O) groups is 1. The fourth-order valence-corrected chi connectivity index (χ4v) is 1.47. The predicted octanol–water partition coefficient (Wildman–Crippen LogP) is 0.0724. The number of carbonyl (C=O) groups excluding carboxylic acids is 1. The van der Waals surface area contributed by atoms with E-state index in [-0.39, 0.29) is 17.9 Å². The van der Waals surface area contributed by atoms with Crippen LogP contribution in [0.25, 0.3) is 0 Å². The van der Waals surface area contributed by atoms with Gasteiger partial charge in [-0.05, 0) is 38.2 Å². The zero-order chi connectivity index (χ0) is 14.4. The molecule has 0 fully saturated rings. The Hall–Kier alpha value is -1.79. The van der Waals surface area contributed by atoms with Crippen molar-refractivity contribution in [2.75, 3.05) is 27.2 Å². The number of likely N-dealkylation sites (N-methyl/N-ethyl adjacent to an activating group) is 1. The Kier molecular flexibility index (Phi) is 5.59. The molecule has 6 heteroatoms. The second-order valence-corrected chi connectivity index (χ2v) is 4.60. The average molecular weight is 268 g/mol. The molecule has 4 N–H and O–H groups in total. The number of hydrogen-bond donors (Lipinski definition) is 3. The van der Waals surface area contributed by atoms with Gasteiger partial charge >= 0.3 is 5.97 Å². The van der Waals surface area contributed by atoms with Gasteiger partial charge in [0.05, 0.1) is 0 Å². The van der Waals surface area contributed by atoms with Gasteiger partial charge in [-0.3, -0.25) is 4.79 Å². The van der Waals surface area contributed by atoms with Crippen molar-refractivity contribution < 1.29 is 19.7 Å². The van der Waals surface area contributed by atoms with Crippen LogP contribution in [0.1, 0.15) is 5.56 Å². The molecule has 0 unspecified atom stereocenters. The molecule has 0 aliphatic rings. The van der Waals surface area contributed by atoms with Crippen LogP contribution in [0.15, 0.2) is 18.2 Å². The molecule has 0 heterocycles. The lowest BCUT2D eigenvalue weighted by atomic mass is 10.1. The highest BCUT2D eigenvalue weighted by Gasteiger charge is 2.16. The van der Waals surface area contributed by atoms with E-state index in [2.05, 4.69) is 0 Å². The average Bonchev–Trinajstić information content (AvgIpc) is 2.33. The van der Waals surface area contributed by atoms with Crippen LogP contribution in [0.4, 0.5) is 0 Å². The topological polar surface area (TPSA) is 96.0 Å². The van der Waals surface area contributed by atoms with Gasteiger partial charge in [-0.15, -0.1) is 0 Å². The van der Waals surface area contributed by atoms with Gasteiger partial charge in [-0.25, -0.2) is 0 Å². The van der Waals surface area contributed by atoms with Gasteiger partial charge in [0.2, 0.25) is 0 Å². The number of hydrogen-bond acceptors (Lipinski definition) is 6. The Morgan fingerprint density at radius 2 is 2.05 bits per heavy atom. The SMILES string of the molecule is CN(C)CCOC(=O)[C@@H](N)Cc1ccc(O)c(O)c1. The zero-order valence-electron chi connectivity index (χ0n) is 11.2. The molecule has 0 bridgehead atoms. The molecule has 0 amide bonds. The monoisotopic (exact) mass is 268 g/mol. The van der Waals surface area contributed by atoms with E-state index in [1.54, 1.807) is 6.07 Å². The first-order chi connectivity index (χ1) is 8.90. The quantitative estimate of drug-likeness (QED) is 0.499. The highest BCUT2D eigenvalue weighted by Crippen LogP contribution is 2.25. The summed E-state index contributed by atoms with van der Waals surface area (Å²) < 4.78 is 5.02. The third-order valence-electron chi connectivity index (χ3n) is 2.58. The molecule has 0 aliphatic heterocycles. The predicted molar refractivity (Wildman–Crippen MR) is 71.0 cm³/mol. The van der Waals surface area contributed by atoms with Crippen LogP contribution in [0.5, 0.6) is 11.5 Å². The Bertz CT molecular complexity index is 435. The molecular formula is C13H20N2O4. The number of aromatic hydroxyl groups is 2. The number of nitrogens with two attached hydrogens (primary N) is 1. The van der Waals surface area contributed by atoms with Crippen LogP contribution in [0.3, 0.4) is 0 Å². The van der Waals surface area contributed by atoms with Crippen molar-refractivity contribution >= 4 is 5.97 Å². The number of nitrogens with zero attached hydrogens (tertiary/aromatic N) is 1. The van der Waals surface area contributed by atoms with E-state index >= 15 is 0 Å². The summed E-state index contributed by atoms with van der Waals surface area (Å²) in [6.45, 7) is 0.929. The van der Waals surface area contributed by atoms with Gasteiger partial charge in [0, 0.05) is 6.54 Å². The zero-order valence-corrected chi connectivity index (χ0v) is 11.2. The molecule has 1 aromatic rings. The lowest BCUT2D eigenvalue weighted by Crippen LogP contribution is -2.35. The van der Waals surface area contributed by atoms with Crippen LogP contribution >= 0.6 is 0 Å². The standard InChI is InChI=1S/C13H20N2O4/c1-15(2)5-6-19-13(18)10(14)7-9-3-4-11(16)12(17)8-9/h3-4,8,10,16-17H,5-7,14H2,1-2H3/t10-/m0/s1. The third kappa shape index (κ3) is 5.15. The summed E-state index contributed by atoms with van der Waals surface area (Å²) in [5.74, 6) is -0.911. The third-order valence-corrected chi connectivity index (χ3v) is 2.58. The largest absolute Gasteiger partial charge is 0.504 e. The van der Waals surface area contributed by atoms with Crippen LogP contribution in [0, 0.1) is 0 Å². The minimum Gasteiger partial charge on any atom is -0.504 e. The lowest BCUT2D eigenvalue weighted by Gasteiger charge is -2.14. The molecule has 0 aliphatic carbocycles. The molecule has 0 spiro atoms. The Labute approximate surface area is 112 Å². The molecule has 19 heavy (non-hydrogen) atoms. The first kappa shape index (κ1) is 15.3. The van der Waals surface area contributed by atoms with E-state index in [4.69, 9.17) is 10.5 Å². The summed E-state index contributed by atoms with van der Waals surface area (Å²) in [5.41, 5.74) is 6.38. The summed E-state index contributed by atoms with van der Waals surface area (Å²) in [7, 11) is 3.76. The Morgan fingerprint density at radius 3 is 2.63 bits per heavy atom. The number of phenolic OH excluding ortho intramolecular Hbond substituents is 2. The minimum absolute atomic E-state index is 0.203. The minimum atomic E-state index is -0.786. The maximum absolute atomic E-state index is 11.6. The van der Waals surface area contributed by atoms with E-state index in [1.165, 1.54) is 12.1 Å². The van der Waals surface area contributed by atoms with Crippen LogP contribution < -0.4 is 5.73 Å². The molecule has 106 valence electrons. The first-order valence-corrected chi connectivity index (χ1v) is 5.98. The molecule has 0 radical (unpaired) electrons. The summed E-state index contributed by atoms with van der Waals surface area (Å²) >= 11 is 0.